The summed E-state index contributed by atoms with van der Waals surface area (Å²) in [6, 6.07) is 8.56. The van der Waals surface area contributed by atoms with Gasteiger partial charge in [0.1, 0.15) is 0 Å². The molecule has 2 rings (SSSR count). The van der Waals surface area contributed by atoms with Crippen molar-refractivity contribution in [2.45, 2.75) is 38.8 Å². The number of nitrogens with zero attached hydrogens (tertiary/aromatic N) is 1. The molecule has 21 heavy (non-hydrogen) atoms. The molecule has 1 saturated heterocycles. The Hall–Kier alpha value is -0.610. The summed E-state index contributed by atoms with van der Waals surface area (Å²) in [4.78, 5) is 2.45. The van der Waals surface area contributed by atoms with E-state index in [9.17, 15) is 0 Å². The van der Waals surface area contributed by atoms with Crippen LogP contribution in [0.4, 0.5) is 0 Å². The van der Waals surface area contributed by atoms with E-state index in [0.29, 0.717) is 12.1 Å². The average Bonchev–Trinajstić information content (AvgIpc) is 2.52. The number of morpholine rings is 1. The Morgan fingerprint density at radius 2 is 2.10 bits per heavy atom. The molecule has 118 valence electrons. The van der Waals surface area contributed by atoms with E-state index in [4.69, 9.17) is 16.3 Å². The molecule has 0 saturated carbocycles. The first-order chi connectivity index (χ1) is 10.2. The molecule has 0 radical (unpaired) electrons. The van der Waals surface area contributed by atoms with E-state index in [1.807, 2.05) is 12.1 Å². The van der Waals surface area contributed by atoms with Crippen molar-refractivity contribution in [3.05, 3.63) is 34.9 Å². The third-order valence-corrected chi connectivity index (χ3v) is 4.36. The Balaban J connectivity index is 1.89. The van der Waals surface area contributed by atoms with Crippen molar-refractivity contribution in [1.29, 1.82) is 0 Å². The van der Waals surface area contributed by atoms with Gasteiger partial charge in [0.15, 0.2) is 0 Å². The van der Waals surface area contributed by atoms with Gasteiger partial charge in [0, 0.05) is 30.7 Å². The van der Waals surface area contributed by atoms with Crippen molar-refractivity contribution in [3.63, 3.8) is 0 Å². The predicted octanol–water partition coefficient (Wildman–Crippen LogP) is 3.49. The molecule has 2 atom stereocenters. The Morgan fingerprint density at radius 1 is 1.33 bits per heavy atom. The molecule has 2 unspecified atom stereocenters. The van der Waals surface area contributed by atoms with E-state index < -0.39 is 0 Å². The standard InChI is InChI=1S/C17H27ClN2O/c1-3-5-17(14-6-8-15(18)9-7-14)19-12-16-13-20(4-2)10-11-21-16/h6-9,16-17,19H,3-5,10-13H2,1-2H3. The second-order valence-corrected chi connectivity index (χ2v) is 6.12. The SMILES string of the molecule is CCCC(NCC1CN(CC)CCO1)c1ccc(Cl)cc1. The Kier molecular flexibility index (Phi) is 6.97. The molecule has 1 aliphatic heterocycles. The molecule has 0 aromatic heterocycles. The number of benzene rings is 1. The molecule has 0 aliphatic carbocycles. The summed E-state index contributed by atoms with van der Waals surface area (Å²) in [5.74, 6) is 0. The molecule has 1 aliphatic rings. The van der Waals surface area contributed by atoms with Crippen LogP contribution in [0.1, 0.15) is 38.3 Å². The summed E-state index contributed by atoms with van der Waals surface area (Å²) < 4.78 is 5.87. The van der Waals surface area contributed by atoms with E-state index in [2.05, 4.69) is 36.2 Å². The topological polar surface area (TPSA) is 24.5 Å². The Morgan fingerprint density at radius 3 is 2.76 bits per heavy atom. The summed E-state index contributed by atoms with van der Waals surface area (Å²) in [6.45, 7) is 9.38. The van der Waals surface area contributed by atoms with Gasteiger partial charge in [-0.1, -0.05) is 44.0 Å². The molecule has 0 bridgehead atoms. The van der Waals surface area contributed by atoms with Gasteiger partial charge in [-0.3, -0.25) is 4.90 Å². The van der Waals surface area contributed by atoms with E-state index in [-0.39, 0.29) is 0 Å². The molecule has 1 N–H and O–H groups in total. The molecule has 1 aromatic carbocycles. The van der Waals surface area contributed by atoms with Gasteiger partial charge < -0.3 is 10.1 Å². The van der Waals surface area contributed by atoms with Crippen molar-refractivity contribution >= 4 is 11.6 Å². The third kappa shape index (κ3) is 5.26. The zero-order valence-electron chi connectivity index (χ0n) is 13.1. The van der Waals surface area contributed by atoms with Gasteiger partial charge >= 0.3 is 0 Å². The van der Waals surface area contributed by atoms with Gasteiger partial charge in [0.05, 0.1) is 12.7 Å². The van der Waals surface area contributed by atoms with Crippen molar-refractivity contribution < 1.29 is 4.74 Å². The fraction of sp³-hybridized carbons (Fsp3) is 0.647. The molecule has 1 fully saturated rings. The van der Waals surface area contributed by atoms with E-state index >= 15 is 0 Å². The fourth-order valence-corrected chi connectivity index (χ4v) is 2.96. The number of halogens is 1. The van der Waals surface area contributed by atoms with E-state index in [1.54, 1.807) is 0 Å². The fourth-order valence-electron chi connectivity index (χ4n) is 2.84. The van der Waals surface area contributed by atoms with Gasteiger partial charge in [-0.15, -0.1) is 0 Å². The molecule has 0 amide bonds. The maximum Gasteiger partial charge on any atom is 0.0826 e. The van der Waals surface area contributed by atoms with Gasteiger partial charge in [-0.2, -0.15) is 0 Å². The van der Waals surface area contributed by atoms with Crippen LogP contribution in [0.2, 0.25) is 5.02 Å². The predicted molar refractivity (Wildman–Crippen MR) is 89.0 cm³/mol. The molecule has 1 heterocycles. The molecule has 1 aromatic rings. The van der Waals surface area contributed by atoms with E-state index in [1.165, 1.54) is 5.56 Å². The Labute approximate surface area is 133 Å². The van der Waals surface area contributed by atoms with Crippen molar-refractivity contribution in [2.24, 2.45) is 0 Å². The smallest absolute Gasteiger partial charge is 0.0826 e. The van der Waals surface area contributed by atoms with Gasteiger partial charge in [0.25, 0.3) is 0 Å². The molecular formula is C17H27ClN2O. The number of ether oxygens (including phenoxy) is 1. The van der Waals surface area contributed by atoms with Crippen LogP contribution in [0.15, 0.2) is 24.3 Å². The summed E-state index contributed by atoms with van der Waals surface area (Å²) >= 11 is 5.98. The first-order valence-electron chi connectivity index (χ1n) is 8.05. The number of hydrogen-bond donors (Lipinski definition) is 1. The highest BCUT2D eigenvalue weighted by Gasteiger charge is 2.20. The van der Waals surface area contributed by atoms with Crippen LogP contribution in [-0.2, 0) is 4.74 Å². The summed E-state index contributed by atoms with van der Waals surface area (Å²) in [6.07, 6.45) is 2.59. The van der Waals surface area contributed by atoms with Gasteiger partial charge in [-0.05, 0) is 30.7 Å². The van der Waals surface area contributed by atoms with Crippen LogP contribution in [0.5, 0.6) is 0 Å². The lowest BCUT2D eigenvalue weighted by Crippen LogP contribution is -2.46. The highest BCUT2D eigenvalue weighted by molar-refractivity contribution is 6.30. The van der Waals surface area contributed by atoms with Crippen molar-refractivity contribution in [1.82, 2.24) is 10.2 Å². The van der Waals surface area contributed by atoms with Crippen molar-refractivity contribution in [2.75, 3.05) is 32.8 Å². The number of hydrogen-bond acceptors (Lipinski definition) is 3. The van der Waals surface area contributed by atoms with Crippen molar-refractivity contribution in [3.8, 4) is 0 Å². The first-order valence-corrected chi connectivity index (χ1v) is 8.43. The van der Waals surface area contributed by atoms with E-state index in [0.717, 1.165) is 50.7 Å². The zero-order valence-corrected chi connectivity index (χ0v) is 13.9. The first kappa shape index (κ1) is 16.8. The number of rotatable bonds is 7. The minimum atomic E-state index is 0.297. The van der Waals surface area contributed by atoms with Crippen LogP contribution < -0.4 is 5.32 Å². The second kappa shape index (κ2) is 8.74. The van der Waals surface area contributed by atoms with Gasteiger partial charge in [0.2, 0.25) is 0 Å². The molecular weight excluding hydrogens is 284 g/mol. The lowest BCUT2D eigenvalue weighted by atomic mass is 10.0. The normalized spacial score (nSPS) is 21.4. The maximum atomic E-state index is 5.98. The minimum absolute atomic E-state index is 0.297. The van der Waals surface area contributed by atoms with Crippen LogP contribution in [0, 0.1) is 0 Å². The highest BCUT2D eigenvalue weighted by Crippen LogP contribution is 2.21. The molecule has 4 heteroatoms. The number of nitrogens with one attached hydrogen (secondary N) is 1. The Bertz CT molecular complexity index is 410. The molecule has 3 nitrogen and oxygen atoms in total. The van der Waals surface area contributed by atoms with Crippen LogP contribution in [0.3, 0.4) is 0 Å². The van der Waals surface area contributed by atoms with Gasteiger partial charge in [-0.25, -0.2) is 0 Å². The second-order valence-electron chi connectivity index (χ2n) is 5.69. The molecule has 0 spiro atoms. The number of likely N-dealkylation sites (N-methyl/N-ethyl adjacent to an activating group) is 1. The zero-order chi connectivity index (χ0) is 15.1. The maximum absolute atomic E-state index is 5.98. The quantitative estimate of drug-likeness (QED) is 0.834. The summed E-state index contributed by atoms with van der Waals surface area (Å²) in [5.41, 5.74) is 1.31. The lowest BCUT2D eigenvalue weighted by Gasteiger charge is -2.33. The summed E-state index contributed by atoms with van der Waals surface area (Å²) in [5, 5.41) is 4.47. The monoisotopic (exact) mass is 310 g/mol. The highest BCUT2D eigenvalue weighted by atomic mass is 35.5. The lowest BCUT2D eigenvalue weighted by molar-refractivity contribution is -0.0265. The largest absolute Gasteiger partial charge is 0.374 e. The average molecular weight is 311 g/mol. The summed E-state index contributed by atoms with van der Waals surface area (Å²) in [7, 11) is 0. The third-order valence-electron chi connectivity index (χ3n) is 4.11. The minimum Gasteiger partial charge on any atom is -0.374 e. The van der Waals surface area contributed by atoms with Crippen LogP contribution in [0.25, 0.3) is 0 Å². The van der Waals surface area contributed by atoms with Crippen LogP contribution in [-0.4, -0.2) is 43.8 Å². The van der Waals surface area contributed by atoms with Crippen LogP contribution >= 0.6 is 11.6 Å².